The minimum atomic E-state index is 0.511. The van der Waals surface area contributed by atoms with Gasteiger partial charge in [-0.1, -0.05) is 0 Å². The minimum absolute atomic E-state index is 0.511. The van der Waals surface area contributed by atoms with Crippen molar-refractivity contribution < 1.29 is 4.42 Å². The molecule has 2 aromatic heterocycles. The van der Waals surface area contributed by atoms with Crippen LogP contribution in [0, 0.1) is 25.2 Å². The van der Waals surface area contributed by atoms with E-state index in [9.17, 15) is 0 Å². The molecular formula is C12H12N4O. The summed E-state index contributed by atoms with van der Waals surface area (Å²) in [5.74, 6) is 0.511. The molecular weight excluding hydrogens is 216 g/mol. The molecule has 0 saturated carbocycles. The summed E-state index contributed by atoms with van der Waals surface area (Å²) < 4.78 is 4.96. The van der Waals surface area contributed by atoms with E-state index >= 15 is 0 Å². The van der Waals surface area contributed by atoms with Gasteiger partial charge in [-0.25, -0.2) is 0 Å². The number of hydrogen-bond donors (Lipinski definition) is 1. The predicted molar refractivity (Wildman–Crippen MR) is 62.3 cm³/mol. The van der Waals surface area contributed by atoms with Gasteiger partial charge in [-0.15, -0.1) is 5.10 Å². The van der Waals surface area contributed by atoms with Crippen LogP contribution in [-0.2, 0) is 6.54 Å². The highest BCUT2D eigenvalue weighted by Gasteiger charge is 2.10. The van der Waals surface area contributed by atoms with E-state index in [4.69, 9.17) is 9.68 Å². The maximum Gasteiger partial charge on any atom is 0.167 e. The molecule has 0 spiro atoms. The van der Waals surface area contributed by atoms with Gasteiger partial charge < -0.3 is 9.73 Å². The van der Waals surface area contributed by atoms with Gasteiger partial charge in [0.05, 0.1) is 18.2 Å². The topological polar surface area (TPSA) is 74.7 Å². The molecule has 0 amide bonds. The van der Waals surface area contributed by atoms with Crippen LogP contribution in [0.5, 0.6) is 0 Å². The second kappa shape index (κ2) is 4.66. The van der Waals surface area contributed by atoms with Crippen molar-refractivity contribution in [3.8, 4) is 6.07 Å². The number of aryl methyl sites for hydroxylation is 1. The Balaban J connectivity index is 2.22. The lowest BCUT2D eigenvalue weighted by Crippen LogP contribution is -2.07. The standard InChI is InChI=1S/C12H12N4O/c1-8-9(2)15-16-12(11(8)5-13)14-6-10-3-4-17-7-10/h3-4,7H,6H2,1-2H3,(H,14,16). The van der Waals surface area contributed by atoms with Crippen molar-refractivity contribution in [2.24, 2.45) is 0 Å². The third kappa shape index (κ3) is 2.26. The lowest BCUT2D eigenvalue weighted by atomic mass is 10.1. The summed E-state index contributed by atoms with van der Waals surface area (Å²) in [6.07, 6.45) is 3.25. The molecule has 2 aromatic rings. The van der Waals surface area contributed by atoms with Gasteiger partial charge >= 0.3 is 0 Å². The number of aromatic nitrogens is 2. The summed E-state index contributed by atoms with van der Waals surface area (Å²) in [7, 11) is 0. The van der Waals surface area contributed by atoms with Crippen molar-refractivity contribution in [3.63, 3.8) is 0 Å². The van der Waals surface area contributed by atoms with E-state index in [1.807, 2.05) is 19.9 Å². The first kappa shape index (κ1) is 11.1. The molecule has 5 nitrogen and oxygen atoms in total. The third-order valence-electron chi connectivity index (χ3n) is 2.61. The van der Waals surface area contributed by atoms with Crippen LogP contribution in [-0.4, -0.2) is 10.2 Å². The fourth-order valence-corrected chi connectivity index (χ4v) is 1.45. The minimum Gasteiger partial charge on any atom is -0.472 e. The van der Waals surface area contributed by atoms with E-state index in [-0.39, 0.29) is 0 Å². The Morgan fingerprint density at radius 3 is 2.88 bits per heavy atom. The summed E-state index contributed by atoms with van der Waals surface area (Å²) in [5, 5.41) is 20.2. The van der Waals surface area contributed by atoms with Gasteiger partial charge in [-0.2, -0.15) is 10.4 Å². The van der Waals surface area contributed by atoms with Gasteiger partial charge in [0.2, 0.25) is 0 Å². The van der Waals surface area contributed by atoms with Gasteiger partial charge in [0, 0.05) is 12.1 Å². The van der Waals surface area contributed by atoms with Crippen LogP contribution in [0.15, 0.2) is 23.0 Å². The molecule has 2 heterocycles. The summed E-state index contributed by atoms with van der Waals surface area (Å²) in [5.41, 5.74) is 3.17. The van der Waals surface area contributed by atoms with Crippen LogP contribution < -0.4 is 5.32 Å². The quantitative estimate of drug-likeness (QED) is 0.871. The molecule has 0 aliphatic rings. The maximum atomic E-state index is 9.10. The number of anilines is 1. The molecule has 0 radical (unpaired) electrons. The molecule has 0 bridgehead atoms. The van der Waals surface area contributed by atoms with Crippen molar-refractivity contribution in [2.45, 2.75) is 20.4 Å². The van der Waals surface area contributed by atoms with Crippen molar-refractivity contribution in [2.75, 3.05) is 5.32 Å². The largest absolute Gasteiger partial charge is 0.472 e. The zero-order chi connectivity index (χ0) is 12.3. The zero-order valence-electron chi connectivity index (χ0n) is 9.69. The molecule has 1 N–H and O–H groups in total. The fourth-order valence-electron chi connectivity index (χ4n) is 1.45. The third-order valence-corrected chi connectivity index (χ3v) is 2.61. The Morgan fingerprint density at radius 1 is 1.41 bits per heavy atom. The molecule has 0 aliphatic carbocycles. The van der Waals surface area contributed by atoms with Gasteiger partial charge in [0.1, 0.15) is 11.6 Å². The highest BCUT2D eigenvalue weighted by Crippen LogP contribution is 2.17. The molecule has 0 unspecified atom stereocenters. The highest BCUT2D eigenvalue weighted by atomic mass is 16.3. The van der Waals surface area contributed by atoms with Crippen LogP contribution in [0.3, 0.4) is 0 Å². The summed E-state index contributed by atoms with van der Waals surface area (Å²) in [4.78, 5) is 0. The number of nitrogens with zero attached hydrogens (tertiary/aromatic N) is 3. The maximum absolute atomic E-state index is 9.10. The van der Waals surface area contributed by atoms with E-state index in [0.29, 0.717) is 17.9 Å². The number of nitriles is 1. The summed E-state index contributed by atoms with van der Waals surface area (Å²) in [6.45, 7) is 4.26. The summed E-state index contributed by atoms with van der Waals surface area (Å²) >= 11 is 0. The SMILES string of the molecule is Cc1nnc(NCc2ccoc2)c(C#N)c1C. The van der Waals surface area contributed by atoms with Gasteiger partial charge in [-0.05, 0) is 25.5 Å². The normalized spacial score (nSPS) is 9.94. The monoisotopic (exact) mass is 228 g/mol. The molecule has 86 valence electrons. The summed E-state index contributed by atoms with van der Waals surface area (Å²) in [6, 6.07) is 4.00. The van der Waals surface area contributed by atoms with E-state index in [2.05, 4.69) is 21.6 Å². The van der Waals surface area contributed by atoms with E-state index in [1.165, 1.54) is 0 Å². The number of rotatable bonds is 3. The van der Waals surface area contributed by atoms with E-state index < -0.39 is 0 Å². The molecule has 0 atom stereocenters. The molecule has 0 aromatic carbocycles. The van der Waals surface area contributed by atoms with Gasteiger partial charge in [0.15, 0.2) is 5.82 Å². The second-order valence-electron chi connectivity index (χ2n) is 3.73. The Hall–Kier alpha value is -2.35. The van der Waals surface area contributed by atoms with Crippen LogP contribution in [0.1, 0.15) is 22.4 Å². The lowest BCUT2D eigenvalue weighted by Gasteiger charge is -2.08. The average Bonchev–Trinajstić information content (AvgIpc) is 2.83. The Morgan fingerprint density at radius 2 is 2.24 bits per heavy atom. The van der Waals surface area contributed by atoms with E-state index in [0.717, 1.165) is 16.8 Å². The van der Waals surface area contributed by atoms with Crippen molar-refractivity contribution in [1.82, 2.24) is 10.2 Å². The molecule has 0 fully saturated rings. The van der Waals surface area contributed by atoms with Crippen molar-refractivity contribution in [3.05, 3.63) is 41.0 Å². The fraction of sp³-hybridized carbons (Fsp3) is 0.250. The first-order chi connectivity index (χ1) is 8.22. The molecule has 5 heteroatoms. The average molecular weight is 228 g/mol. The smallest absolute Gasteiger partial charge is 0.167 e. The van der Waals surface area contributed by atoms with Crippen LogP contribution in [0.25, 0.3) is 0 Å². The number of hydrogen-bond acceptors (Lipinski definition) is 5. The predicted octanol–water partition coefficient (Wildman–Crippen LogP) is 2.17. The Kier molecular flexibility index (Phi) is 3.06. The molecule has 0 saturated heterocycles. The first-order valence-electron chi connectivity index (χ1n) is 5.21. The Labute approximate surface area is 99.1 Å². The van der Waals surface area contributed by atoms with Crippen molar-refractivity contribution in [1.29, 1.82) is 5.26 Å². The number of furan rings is 1. The lowest BCUT2D eigenvalue weighted by molar-refractivity contribution is 0.564. The van der Waals surface area contributed by atoms with Gasteiger partial charge in [-0.3, -0.25) is 0 Å². The van der Waals surface area contributed by atoms with Crippen molar-refractivity contribution >= 4 is 5.82 Å². The zero-order valence-corrected chi connectivity index (χ0v) is 9.69. The molecule has 17 heavy (non-hydrogen) atoms. The second-order valence-corrected chi connectivity index (χ2v) is 3.73. The number of nitrogens with one attached hydrogen (secondary N) is 1. The molecule has 0 aliphatic heterocycles. The van der Waals surface area contributed by atoms with Crippen LogP contribution in [0.4, 0.5) is 5.82 Å². The Bertz CT molecular complexity index is 555. The highest BCUT2D eigenvalue weighted by molar-refractivity contribution is 5.55. The van der Waals surface area contributed by atoms with E-state index in [1.54, 1.807) is 12.5 Å². The molecule has 2 rings (SSSR count). The van der Waals surface area contributed by atoms with Gasteiger partial charge in [0.25, 0.3) is 0 Å². The first-order valence-corrected chi connectivity index (χ1v) is 5.21. The van der Waals surface area contributed by atoms with Crippen LogP contribution >= 0.6 is 0 Å². The van der Waals surface area contributed by atoms with Crippen LogP contribution in [0.2, 0.25) is 0 Å².